The van der Waals surface area contributed by atoms with Gasteiger partial charge in [-0.1, -0.05) is 0 Å². The number of nitrogens with two attached hydrogens (primary N) is 1. The molecule has 0 atom stereocenters. The minimum absolute atomic E-state index is 0.319. The smallest absolute Gasteiger partial charge is 0.131 e. The molecule has 4 heteroatoms. The maximum Gasteiger partial charge on any atom is 0.131 e. The van der Waals surface area contributed by atoms with Crippen LogP contribution in [0.3, 0.4) is 0 Å². The van der Waals surface area contributed by atoms with Crippen molar-refractivity contribution in [1.82, 2.24) is 14.5 Å². The Morgan fingerprint density at radius 2 is 2.00 bits per heavy atom. The maximum absolute atomic E-state index is 6.05. The molecule has 0 aliphatic rings. The van der Waals surface area contributed by atoms with Gasteiger partial charge >= 0.3 is 0 Å². The van der Waals surface area contributed by atoms with Gasteiger partial charge in [0.25, 0.3) is 0 Å². The summed E-state index contributed by atoms with van der Waals surface area (Å²) >= 11 is 0. The molecule has 2 heterocycles. The fourth-order valence-corrected chi connectivity index (χ4v) is 1.61. The minimum Gasteiger partial charge on any atom is -0.383 e. The molecule has 0 radical (unpaired) electrons. The zero-order valence-electron chi connectivity index (χ0n) is 9.81. The number of nitrogens with zero attached hydrogens (tertiary/aromatic N) is 3. The third-order valence-corrected chi connectivity index (χ3v) is 2.57. The number of nitrogen functional groups attached to an aromatic ring is 1. The lowest BCUT2D eigenvalue weighted by molar-refractivity contribution is 0.607. The third kappa shape index (κ3) is 1.78. The quantitative estimate of drug-likeness (QED) is 0.838. The van der Waals surface area contributed by atoms with Crippen LogP contribution in [0.25, 0.3) is 11.3 Å². The van der Waals surface area contributed by atoms with E-state index in [0.29, 0.717) is 11.9 Å². The molecule has 2 N–H and O–H groups in total. The lowest BCUT2D eigenvalue weighted by Gasteiger charge is -2.08. The number of rotatable bonds is 2. The van der Waals surface area contributed by atoms with Gasteiger partial charge in [0.2, 0.25) is 0 Å². The lowest BCUT2D eigenvalue weighted by atomic mass is 10.2. The predicted molar refractivity (Wildman–Crippen MR) is 65.0 cm³/mol. The Balaban J connectivity index is 2.45. The van der Waals surface area contributed by atoms with Gasteiger partial charge in [0.05, 0.1) is 6.33 Å². The Morgan fingerprint density at radius 3 is 2.50 bits per heavy atom. The molecule has 2 aromatic heterocycles. The Kier molecular flexibility index (Phi) is 2.64. The van der Waals surface area contributed by atoms with Gasteiger partial charge in [-0.05, 0) is 32.9 Å². The van der Waals surface area contributed by atoms with E-state index in [0.717, 1.165) is 17.0 Å². The van der Waals surface area contributed by atoms with Gasteiger partial charge in [-0.15, -0.1) is 0 Å². The number of hydrogen-bond donors (Lipinski definition) is 1. The number of aryl methyl sites for hydroxylation is 1. The molecule has 0 bridgehead atoms. The van der Waals surface area contributed by atoms with Gasteiger partial charge in [0, 0.05) is 23.5 Å². The average Bonchev–Trinajstić information content (AvgIpc) is 2.61. The van der Waals surface area contributed by atoms with E-state index in [-0.39, 0.29) is 0 Å². The first-order valence-electron chi connectivity index (χ1n) is 5.35. The molecule has 0 saturated carbocycles. The van der Waals surface area contributed by atoms with Crippen molar-refractivity contribution in [3.63, 3.8) is 0 Å². The Morgan fingerprint density at radius 1 is 1.25 bits per heavy atom. The van der Waals surface area contributed by atoms with Gasteiger partial charge in [0.1, 0.15) is 11.5 Å². The molecule has 16 heavy (non-hydrogen) atoms. The van der Waals surface area contributed by atoms with Crippen molar-refractivity contribution >= 4 is 5.82 Å². The highest BCUT2D eigenvalue weighted by Gasteiger charge is 2.11. The molecule has 0 saturated heterocycles. The summed E-state index contributed by atoms with van der Waals surface area (Å²) in [5.74, 6) is 0.695. The number of aromatic nitrogens is 3. The highest BCUT2D eigenvalue weighted by Crippen LogP contribution is 2.25. The van der Waals surface area contributed by atoms with Crippen molar-refractivity contribution in [1.29, 1.82) is 0 Å². The van der Waals surface area contributed by atoms with E-state index in [2.05, 4.69) is 23.8 Å². The molecule has 84 valence electrons. The highest BCUT2D eigenvalue weighted by atomic mass is 15.1. The lowest BCUT2D eigenvalue weighted by Crippen LogP contribution is -2.04. The summed E-state index contributed by atoms with van der Waals surface area (Å²) in [6.07, 6.45) is 3.58. The van der Waals surface area contributed by atoms with Crippen LogP contribution in [0, 0.1) is 6.92 Å². The molecule has 0 spiro atoms. The standard InChI is InChI=1S/C12H16N4/c1-8(2)16-7-15-11(12(16)13)10-5-4-9(3)14-6-10/h4-8H,13H2,1-3H3. The predicted octanol–water partition coefficient (Wildman–Crippen LogP) is 2.42. The first kappa shape index (κ1) is 10.7. The fourth-order valence-electron chi connectivity index (χ4n) is 1.61. The molecule has 0 aliphatic carbocycles. The first-order chi connectivity index (χ1) is 7.59. The van der Waals surface area contributed by atoms with Crippen molar-refractivity contribution < 1.29 is 0 Å². The van der Waals surface area contributed by atoms with Gasteiger partial charge in [0.15, 0.2) is 0 Å². The van der Waals surface area contributed by atoms with Crippen molar-refractivity contribution in [2.75, 3.05) is 5.73 Å². The van der Waals surface area contributed by atoms with Gasteiger partial charge in [-0.25, -0.2) is 4.98 Å². The van der Waals surface area contributed by atoms with Crippen molar-refractivity contribution in [2.24, 2.45) is 0 Å². The van der Waals surface area contributed by atoms with Crippen LogP contribution in [0.15, 0.2) is 24.7 Å². The van der Waals surface area contributed by atoms with Crippen molar-refractivity contribution in [2.45, 2.75) is 26.8 Å². The largest absolute Gasteiger partial charge is 0.383 e. The summed E-state index contributed by atoms with van der Waals surface area (Å²) < 4.78 is 1.95. The average molecular weight is 216 g/mol. The van der Waals surface area contributed by atoms with E-state index in [1.807, 2.05) is 23.6 Å². The van der Waals surface area contributed by atoms with Crippen LogP contribution < -0.4 is 5.73 Å². The monoisotopic (exact) mass is 216 g/mol. The molecule has 0 unspecified atom stereocenters. The summed E-state index contributed by atoms with van der Waals surface area (Å²) in [5.41, 5.74) is 8.81. The van der Waals surface area contributed by atoms with E-state index in [9.17, 15) is 0 Å². The number of imidazole rings is 1. The molecule has 0 aromatic carbocycles. The topological polar surface area (TPSA) is 56.7 Å². The van der Waals surface area contributed by atoms with Crippen molar-refractivity contribution in [3.05, 3.63) is 30.4 Å². The number of anilines is 1. The molecule has 2 aromatic rings. The van der Waals surface area contributed by atoms with Crippen molar-refractivity contribution in [3.8, 4) is 11.3 Å². The van der Waals surface area contributed by atoms with Crippen LogP contribution in [0.1, 0.15) is 25.6 Å². The number of hydrogen-bond acceptors (Lipinski definition) is 3. The molecule has 0 aliphatic heterocycles. The Hall–Kier alpha value is -1.84. The van der Waals surface area contributed by atoms with Crippen LogP contribution in [-0.4, -0.2) is 14.5 Å². The van der Waals surface area contributed by atoms with E-state index < -0.39 is 0 Å². The highest BCUT2D eigenvalue weighted by molar-refractivity contribution is 5.69. The second-order valence-electron chi connectivity index (χ2n) is 4.17. The summed E-state index contributed by atoms with van der Waals surface area (Å²) in [4.78, 5) is 8.58. The molecular weight excluding hydrogens is 200 g/mol. The SMILES string of the molecule is Cc1ccc(-c2ncn(C(C)C)c2N)cn1. The van der Waals surface area contributed by atoms with Crippen LogP contribution in [0.2, 0.25) is 0 Å². The zero-order chi connectivity index (χ0) is 11.7. The van der Waals surface area contributed by atoms with E-state index in [4.69, 9.17) is 5.73 Å². The molecule has 2 rings (SSSR count). The molecule has 4 nitrogen and oxygen atoms in total. The zero-order valence-corrected chi connectivity index (χ0v) is 9.81. The second-order valence-corrected chi connectivity index (χ2v) is 4.17. The first-order valence-corrected chi connectivity index (χ1v) is 5.35. The van der Waals surface area contributed by atoms with Gasteiger partial charge < -0.3 is 10.3 Å². The van der Waals surface area contributed by atoms with Gasteiger partial charge in [-0.3, -0.25) is 4.98 Å². The van der Waals surface area contributed by atoms with E-state index in [1.54, 1.807) is 12.5 Å². The van der Waals surface area contributed by atoms with Crippen LogP contribution in [0.5, 0.6) is 0 Å². The van der Waals surface area contributed by atoms with Crippen LogP contribution >= 0.6 is 0 Å². The Bertz CT molecular complexity index is 482. The molecular formula is C12H16N4. The summed E-state index contributed by atoms with van der Waals surface area (Å²) in [6, 6.07) is 4.27. The maximum atomic E-state index is 6.05. The summed E-state index contributed by atoms with van der Waals surface area (Å²) in [6.45, 7) is 6.12. The minimum atomic E-state index is 0.319. The second kappa shape index (κ2) is 3.96. The van der Waals surface area contributed by atoms with Crippen LogP contribution in [0.4, 0.5) is 5.82 Å². The summed E-state index contributed by atoms with van der Waals surface area (Å²) in [7, 11) is 0. The fraction of sp³-hybridized carbons (Fsp3) is 0.333. The van der Waals surface area contributed by atoms with Crippen LogP contribution in [-0.2, 0) is 0 Å². The Labute approximate surface area is 95.1 Å². The summed E-state index contributed by atoms with van der Waals surface area (Å²) in [5, 5.41) is 0. The molecule has 0 amide bonds. The number of pyridine rings is 1. The van der Waals surface area contributed by atoms with E-state index >= 15 is 0 Å². The normalized spacial score (nSPS) is 11.0. The van der Waals surface area contributed by atoms with Gasteiger partial charge in [-0.2, -0.15) is 0 Å². The van der Waals surface area contributed by atoms with E-state index in [1.165, 1.54) is 0 Å². The third-order valence-electron chi connectivity index (χ3n) is 2.57. The molecule has 0 fully saturated rings.